The van der Waals surface area contributed by atoms with E-state index in [1.165, 1.54) is 7.11 Å². The van der Waals surface area contributed by atoms with Gasteiger partial charge in [0.25, 0.3) is 0 Å². The quantitative estimate of drug-likeness (QED) is 0.821. The predicted octanol–water partition coefficient (Wildman–Crippen LogP) is 2.17. The minimum Gasteiger partial charge on any atom is -0.465 e. The molecule has 1 unspecified atom stereocenters. The van der Waals surface area contributed by atoms with Crippen molar-refractivity contribution in [2.75, 3.05) is 13.7 Å². The first-order valence-electron chi connectivity index (χ1n) is 7.24. The van der Waals surface area contributed by atoms with Crippen LogP contribution < -0.4 is 5.73 Å². The molecule has 0 aliphatic carbocycles. The molecule has 0 fully saturated rings. The molecule has 2 rings (SSSR count). The molecule has 1 atom stereocenters. The number of hydrogen-bond donors (Lipinski definition) is 1. The maximum atomic E-state index is 11.5. The molecule has 1 aromatic heterocycles. The number of methoxy groups -OCH3 is 1. The van der Waals surface area contributed by atoms with E-state index in [4.69, 9.17) is 14.9 Å². The lowest BCUT2D eigenvalue weighted by Gasteiger charge is -2.08. The molecule has 6 nitrogen and oxygen atoms in total. The number of carbonyl (C=O) groups is 2. The molecule has 2 aromatic rings. The number of ether oxygens (including phenoxy) is 2. The van der Waals surface area contributed by atoms with Crippen LogP contribution in [-0.2, 0) is 20.7 Å². The molecule has 0 amide bonds. The highest BCUT2D eigenvalue weighted by Crippen LogP contribution is 2.23. The van der Waals surface area contributed by atoms with Gasteiger partial charge in [-0.25, -0.2) is 4.79 Å². The van der Waals surface area contributed by atoms with Gasteiger partial charge >= 0.3 is 11.9 Å². The van der Waals surface area contributed by atoms with Gasteiger partial charge in [0.1, 0.15) is 17.6 Å². The van der Waals surface area contributed by atoms with Gasteiger partial charge in [-0.15, -0.1) is 0 Å². The summed E-state index contributed by atoms with van der Waals surface area (Å²) in [4.78, 5) is 22.9. The third kappa shape index (κ3) is 4.20. The van der Waals surface area contributed by atoms with Crippen molar-refractivity contribution in [1.29, 1.82) is 0 Å². The number of nitrogens with two attached hydrogens (primary N) is 1. The summed E-state index contributed by atoms with van der Waals surface area (Å²) < 4.78 is 15.2. The maximum Gasteiger partial charge on any atom is 0.337 e. The summed E-state index contributed by atoms with van der Waals surface area (Å²) in [6.45, 7) is 2.02. The first-order valence-corrected chi connectivity index (χ1v) is 7.24. The molecule has 0 aliphatic rings. The van der Waals surface area contributed by atoms with Crippen LogP contribution in [0.3, 0.4) is 0 Å². The van der Waals surface area contributed by atoms with Crippen molar-refractivity contribution >= 4 is 11.9 Å². The van der Waals surface area contributed by atoms with Crippen LogP contribution in [0.25, 0.3) is 11.3 Å². The van der Waals surface area contributed by atoms with Gasteiger partial charge < -0.3 is 19.6 Å². The first kappa shape index (κ1) is 16.8. The Morgan fingerprint density at radius 3 is 2.48 bits per heavy atom. The molecular weight excluding hydrogens is 298 g/mol. The molecule has 0 spiro atoms. The van der Waals surface area contributed by atoms with Crippen LogP contribution in [0, 0.1) is 0 Å². The third-order valence-corrected chi connectivity index (χ3v) is 3.26. The van der Waals surface area contributed by atoms with Crippen LogP contribution in [0.1, 0.15) is 23.0 Å². The van der Waals surface area contributed by atoms with Crippen LogP contribution in [0.15, 0.2) is 40.8 Å². The fraction of sp³-hybridized carbons (Fsp3) is 0.294. The highest BCUT2D eigenvalue weighted by Gasteiger charge is 2.17. The molecule has 0 aliphatic heterocycles. The van der Waals surface area contributed by atoms with Crippen molar-refractivity contribution in [2.45, 2.75) is 19.4 Å². The van der Waals surface area contributed by atoms with Crippen molar-refractivity contribution in [3.63, 3.8) is 0 Å². The van der Waals surface area contributed by atoms with Crippen molar-refractivity contribution in [1.82, 2.24) is 0 Å². The lowest BCUT2D eigenvalue weighted by atomic mass is 10.1. The van der Waals surface area contributed by atoms with Gasteiger partial charge in [-0.05, 0) is 31.2 Å². The Morgan fingerprint density at radius 1 is 1.17 bits per heavy atom. The van der Waals surface area contributed by atoms with Crippen LogP contribution in [-0.4, -0.2) is 31.7 Å². The molecule has 0 bridgehead atoms. The van der Waals surface area contributed by atoms with Crippen LogP contribution in [0.4, 0.5) is 0 Å². The van der Waals surface area contributed by atoms with E-state index in [-0.39, 0.29) is 6.42 Å². The lowest BCUT2D eigenvalue weighted by Crippen LogP contribution is -2.34. The minimum atomic E-state index is -0.754. The number of benzene rings is 1. The highest BCUT2D eigenvalue weighted by molar-refractivity contribution is 5.89. The Labute approximate surface area is 134 Å². The Bertz CT molecular complexity index is 675. The lowest BCUT2D eigenvalue weighted by molar-refractivity contribution is -0.144. The molecule has 0 saturated heterocycles. The number of hydrogen-bond acceptors (Lipinski definition) is 6. The second-order valence-corrected chi connectivity index (χ2v) is 4.90. The summed E-state index contributed by atoms with van der Waals surface area (Å²) in [6.07, 6.45) is 0.263. The molecule has 1 heterocycles. The first-order chi connectivity index (χ1) is 11.0. The fourth-order valence-electron chi connectivity index (χ4n) is 2.08. The van der Waals surface area contributed by atoms with Gasteiger partial charge in [-0.3, -0.25) is 4.79 Å². The second kappa shape index (κ2) is 7.60. The van der Waals surface area contributed by atoms with Crippen LogP contribution in [0.5, 0.6) is 0 Å². The summed E-state index contributed by atoms with van der Waals surface area (Å²) in [5.74, 6) is 0.384. The van der Waals surface area contributed by atoms with Crippen molar-refractivity contribution in [3.05, 3.63) is 47.7 Å². The Kier molecular flexibility index (Phi) is 5.54. The summed E-state index contributed by atoms with van der Waals surface area (Å²) in [7, 11) is 1.34. The Hall–Kier alpha value is -2.60. The van der Waals surface area contributed by atoms with Gasteiger partial charge in [0.15, 0.2) is 0 Å². The van der Waals surface area contributed by atoms with E-state index in [1.807, 2.05) is 0 Å². The second-order valence-electron chi connectivity index (χ2n) is 4.90. The van der Waals surface area contributed by atoms with E-state index in [1.54, 1.807) is 43.3 Å². The summed E-state index contributed by atoms with van der Waals surface area (Å²) >= 11 is 0. The number of rotatable bonds is 6. The van der Waals surface area contributed by atoms with Gasteiger partial charge in [-0.1, -0.05) is 12.1 Å². The van der Waals surface area contributed by atoms with E-state index in [0.29, 0.717) is 23.7 Å². The Balaban J connectivity index is 2.07. The zero-order valence-corrected chi connectivity index (χ0v) is 13.1. The topological polar surface area (TPSA) is 91.8 Å². The maximum absolute atomic E-state index is 11.5. The van der Waals surface area contributed by atoms with Crippen LogP contribution >= 0.6 is 0 Å². The number of furan rings is 1. The van der Waals surface area contributed by atoms with Crippen molar-refractivity contribution in [3.8, 4) is 11.3 Å². The molecule has 0 saturated carbocycles. The smallest absolute Gasteiger partial charge is 0.337 e. The van der Waals surface area contributed by atoms with E-state index in [0.717, 1.165) is 5.56 Å². The minimum absolute atomic E-state index is 0.263. The summed E-state index contributed by atoms with van der Waals surface area (Å²) in [5.41, 5.74) is 7.04. The van der Waals surface area contributed by atoms with E-state index >= 15 is 0 Å². The standard InChI is InChI=1S/C17H19NO5/c1-3-22-17(20)14(18)10-13-8-9-15(23-13)11-4-6-12(7-5-11)16(19)21-2/h4-9,14H,3,10,18H2,1-2H3. The zero-order valence-electron chi connectivity index (χ0n) is 13.1. The number of carbonyl (C=O) groups excluding carboxylic acids is 2. The molecular formula is C17H19NO5. The molecule has 2 N–H and O–H groups in total. The van der Waals surface area contributed by atoms with E-state index in [2.05, 4.69) is 4.74 Å². The number of esters is 2. The highest BCUT2D eigenvalue weighted by atomic mass is 16.5. The molecule has 23 heavy (non-hydrogen) atoms. The van der Waals surface area contributed by atoms with Crippen molar-refractivity contribution < 1.29 is 23.5 Å². The van der Waals surface area contributed by atoms with Crippen molar-refractivity contribution in [2.24, 2.45) is 5.73 Å². The summed E-state index contributed by atoms with van der Waals surface area (Å²) in [5, 5.41) is 0. The SMILES string of the molecule is CCOC(=O)C(N)Cc1ccc(-c2ccc(C(=O)OC)cc2)o1. The molecule has 122 valence electrons. The van der Waals surface area contributed by atoms with E-state index < -0.39 is 18.0 Å². The molecule has 6 heteroatoms. The summed E-state index contributed by atoms with van der Waals surface area (Å²) in [6, 6.07) is 9.65. The predicted molar refractivity (Wildman–Crippen MR) is 83.8 cm³/mol. The van der Waals surface area contributed by atoms with Gasteiger partial charge in [-0.2, -0.15) is 0 Å². The Morgan fingerprint density at radius 2 is 1.87 bits per heavy atom. The molecule has 1 aromatic carbocycles. The van der Waals surface area contributed by atoms with E-state index in [9.17, 15) is 9.59 Å². The molecule has 0 radical (unpaired) electrons. The normalized spacial score (nSPS) is 11.8. The van der Waals surface area contributed by atoms with Crippen LogP contribution in [0.2, 0.25) is 0 Å². The van der Waals surface area contributed by atoms with Gasteiger partial charge in [0.2, 0.25) is 0 Å². The van der Waals surface area contributed by atoms with Gasteiger partial charge in [0.05, 0.1) is 19.3 Å². The largest absolute Gasteiger partial charge is 0.465 e. The average Bonchev–Trinajstić information content (AvgIpc) is 3.03. The third-order valence-electron chi connectivity index (χ3n) is 3.26. The monoisotopic (exact) mass is 317 g/mol. The van der Waals surface area contributed by atoms with Gasteiger partial charge in [0, 0.05) is 12.0 Å². The average molecular weight is 317 g/mol. The zero-order chi connectivity index (χ0) is 16.8. The fourth-order valence-corrected chi connectivity index (χ4v) is 2.08.